The first-order chi connectivity index (χ1) is 9.43. The largest absolute Gasteiger partial charge is 1.00 e. The Labute approximate surface area is 145 Å². The third-order valence-corrected chi connectivity index (χ3v) is 2.54. The average Bonchev–Trinajstić information content (AvgIpc) is 2.38. The van der Waals surface area contributed by atoms with E-state index in [1.807, 2.05) is 0 Å². The molecule has 0 radical (unpaired) electrons. The second kappa shape index (κ2) is 7.71. The molecule has 112 valence electrons. The summed E-state index contributed by atoms with van der Waals surface area (Å²) in [7, 11) is 0. The van der Waals surface area contributed by atoms with E-state index in [0.717, 1.165) is 0 Å². The molecule has 0 amide bonds. The maximum absolute atomic E-state index is 11.8. The summed E-state index contributed by atoms with van der Waals surface area (Å²) in [5.74, 6) is -3.41. The number of nitrogens with one attached hydrogen (secondary N) is 1. The Morgan fingerprint density at radius 2 is 1.59 bits per heavy atom. The van der Waals surface area contributed by atoms with Crippen LogP contribution in [0, 0.1) is 0 Å². The first kappa shape index (κ1) is 19.8. The smallest absolute Gasteiger partial charge is 1.00 e. The molecule has 0 unspecified atom stereocenters. The molecular weight excluding hydrogens is 307 g/mol. The van der Waals surface area contributed by atoms with Crippen LogP contribution in [0.2, 0.25) is 0 Å². The second-order valence-corrected chi connectivity index (χ2v) is 3.76. The number of benzene rings is 1. The number of rotatable bonds is 3. The summed E-state index contributed by atoms with van der Waals surface area (Å²) < 4.78 is 0.632. The van der Waals surface area contributed by atoms with E-state index in [1.165, 1.54) is 12.1 Å². The molecule has 10 heteroatoms. The molecule has 0 fully saturated rings. The number of carboxylic acid groups (broad SMARTS) is 2. The van der Waals surface area contributed by atoms with Gasteiger partial charge in [-0.25, -0.2) is 14.4 Å². The van der Waals surface area contributed by atoms with E-state index in [0.29, 0.717) is 4.57 Å². The van der Waals surface area contributed by atoms with Gasteiger partial charge in [-0.2, -0.15) is 0 Å². The van der Waals surface area contributed by atoms with Crippen molar-refractivity contribution in [1.82, 2.24) is 9.55 Å². The third-order valence-electron chi connectivity index (χ3n) is 2.54. The number of aromatic amines is 1. The molecule has 0 aliphatic carbocycles. The van der Waals surface area contributed by atoms with Crippen LogP contribution in [0.15, 0.2) is 39.9 Å². The van der Waals surface area contributed by atoms with Crippen molar-refractivity contribution in [3.05, 3.63) is 62.4 Å². The van der Waals surface area contributed by atoms with Crippen LogP contribution in [0.5, 0.6) is 0 Å². The molecule has 0 aliphatic rings. The van der Waals surface area contributed by atoms with Gasteiger partial charge in [0.2, 0.25) is 0 Å². The minimum Gasteiger partial charge on any atom is -1.00 e. The van der Waals surface area contributed by atoms with Crippen LogP contribution in [0.4, 0.5) is 0 Å². The zero-order valence-electron chi connectivity index (χ0n) is 12.4. The number of hydrogen-bond donors (Lipinski definition) is 3. The van der Waals surface area contributed by atoms with Crippen LogP contribution >= 0.6 is 0 Å². The standard InChI is InChI=1S/C12H8N2O6.Na.H2O.H/c15-9-7(10(16)17)8(11(18)19)14(12(20)13-9)6-4-2-1-3-5-6;;;/h1-5H,(H,16,17)(H,18,19)(H,13,15,20);;1H2;/q;+1;;-1. The van der Waals surface area contributed by atoms with Crippen LogP contribution in [-0.4, -0.2) is 37.2 Å². The van der Waals surface area contributed by atoms with Gasteiger partial charge in [-0.3, -0.25) is 14.3 Å². The number of hydrogen-bond acceptors (Lipinski definition) is 4. The Balaban J connectivity index is 0. The predicted molar refractivity (Wildman–Crippen MR) is 71.3 cm³/mol. The monoisotopic (exact) mass is 318 g/mol. The Bertz CT molecular complexity index is 816. The fraction of sp³-hybridized carbons (Fsp3) is 0. The number of carboxylic acids is 2. The number of nitrogens with zero attached hydrogens (tertiary/aromatic N) is 1. The normalized spacial score (nSPS) is 9.27. The quantitative estimate of drug-likeness (QED) is 0.492. The van der Waals surface area contributed by atoms with Crippen molar-refractivity contribution in [2.45, 2.75) is 0 Å². The molecule has 0 saturated carbocycles. The molecule has 0 spiro atoms. The van der Waals surface area contributed by atoms with Crippen molar-refractivity contribution in [2.24, 2.45) is 0 Å². The van der Waals surface area contributed by atoms with Gasteiger partial charge in [0.15, 0.2) is 11.3 Å². The summed E-state index contributed by atoms with van der Waals surface area (Å²) in [5.41, 5.74) is -4.04. The molecule has 9 nitrogen and oxygen atoms in total. The summed E-state index contributed by atoms with van der Waals surface area (Å²) in [5, 5.41) is 18.1. The van der Waals surface area contributed by atoms with Gasteiger partial charge >= 0.3 is 47.2 Å². The van der Waals surface area contributed by atoms with Crippen LogP contribution in [0.25, 0.3) is 5.69 Å². The number of para-hydroxylation sites is 1. The average molecular weight is 318 g/mol. The summed E-state index contributed by atoms with van der Waals surface area (Å²) >= 11 is 0. The summed E-state index contributed by atoms with van der Waals surface area (Å²) in [6, 6.07) is 7.55. The van der Waals surface area contributed by atoms with E-state index in [-0.39, 0.29) is 42.1 Å². The van der Waals surface area contributed by atoms with Gasteiger partial charge in [0, 0.05) is 0 Å². The predicted octanol–water partition coefficient (Wildman–Crippen LogP) is -3.79. The van der Waals surface area contributed by atoms with E-state index in [4.69, 9.17) is 10.2 Å². The molecule has 2 rings (SSSR count). The topological polar surface area (TPSA) is 161 Å². The number of aromatic nitrogens is 2. The third kappa shape index (κ3) is 3.52. The zero-order valence-corrected chi connectivity index (χ0v) is 13.4. The molecule has 5 N–H and O–H groups in total. The van der Waals surface area contributed by atoms with Crippen LogP contribution in [0.3, 0.4) is 0 Å². The molecule has 0 atom stereocenters. The van der Waals surface area contributed by atoms with Crippen LogP contribution in [-0.2, 0) is 0 Å². The van der Waals surface area contributed by atoms with Crippen molar-refractivity contribution in [2.75, 3.05) is 0 Å². The van der Waals surface area contributed by atoms with Crippen molar-refractivity contribution in [3.63, 3.8) is 0 Å². The van der Waals surface area contributed by atoms with Crippen molar-refractivity contribution in [3.8, 4) is 5.69 Å². The molecule has 0 saturated heterocycles. The Hall–Kier alpha value is -2.20. The SMILES string of the molecule is O.O=C(O)c1c(C(=O)O)n(-c2ccccc2)c(=O)[nH]c1=O.[H-].[Na+]. The van der Waals surface area contributed by atoms with Crippen molar-refractivity contribution < 1.29 is 56.3 Å². The van der Waals surface area contributed by atoms with Gasteiger partial charge < -0.3 is 17.1 Å². The molecular formula is C12H11N2NaO7. The number of H-pyrrole nitrogens is 1. The van der Waals surface area contributed by atoms with E-state index in [2.05, 4.69) is 0 Å². The molecule has 1 aromatic carbocycles. The van der Waals surface area contributed by atoms with Crippen LogP contribution in [0.1, 0.15) is 22.3 Å². The van der Waals surface area contributed by atoms with Gasteiger partial charge in [0.05, 0.1) is 5.69 Å². The van der Waals surface area contributed by atoms with Crippen molar-refractivity contribution in [1.29, 1.82) is 0 Å². The van der Waals surface area contributed by atoms with Crippen molar-refractivity contribution >= 4 is 11.9 Å². The fourth-order valence-electron chi connectivity index (χ4n) is 1.76. The maximum atomic E-state index is 11.8. The van der Waals surface area contributed by atoms with Gasteiger partial charge in [0.25, 0.3) is 5.56 Å². The molecule has 1 heterocycles. The number of carbonyl (C=O) groups is 2. The maximum Gasteiger partial charge on any atom is 1.00 e. The van der Waals surface area contributed by atoms with E-state index < -0.39 is 34.4 Å². The van der Waals surface area contributed by atoms with Gasteiger partial charge in [0.1, 0.15) is 0 Å². The molecule has 0 bridgehead atoms. The van der Waals surface area contributed by atoms with E-state index in [1.54, 1.807) is 23.2 Å². The van der Waals surface area contributed by atoms with Gasteiger partial charge in [-0.05, 0) is 12.1 Å². The first-order valence-corrected chi connectivity index (χ1v) is 5.35. The van der Waals surface area contributed by atoms with Gasteiger partial charge in [-0.1, -0.05) is 18.2 Å². The molecule has 22 heavy (non-hydrogen) atoms. The second-order valence-electron chi connectivity index (χ2n) is 3.76. The molecule has 0 aliphatic heterocycles. The summed E-state index contributed by atoms with van der Waals surface area (Å²) in [6.07, 6.45) is 0. The Morgan fingerprint density at radius 1 is 1.05 bits per heavy atom. The fourth-order valence-corrected chi connectivity index (χ4v) is 1.76. The Kier molecular flexibility index (Phi) is 6.94. The summed E-state index contributed by atoms with van der Waals surface area (Å²) in [4.78, 5) is 47.4. The molecule has 2 aromatic rings. The molecule has 1 aromatic heterocycles. The number of aromatic carboxylic acids is 2. The van der Waals surface area contributed by atoms with Crippen LogP contribution < -0.4 is 40.8 Å². The summed E-state index contributed by atoms with van der Waals surface area (Å²) in [6.45, 7) is 0. The minimum absolute atomic E-state index is 0. The van der Waals surface area contributed by atoms with E-state index in [9.17, 15) is 19.2 Å². The zero-order chi connectivity index (χ0) is 14.9. The Morgan fingerprint density at radius 3 is 2.05 bits per heavy atom. The first-order valence-electron chi connectivity index (χ1n) is 5.35. The van der Waals surface area contributed by atoms with Gasteiger partial charge in [-0.15, -0.1) is 0 Å². The minimum atomic E-state index is -1.73. The van der Waals surface area contributed by atoms with E-state index >= 15 is 0 Å².